The van der Waals surface area contributed by atoms with Gasteiger partial charge in [0.1, 0.15) is 4.21 Å². The van der Waals surface area contributed by atoms with Crippen LogP contribution < -0.4 is 5.90 Å². The highest BCUT2D eigenvalue weighted by Crippen LogP contribution is 2.35. The zero-order chi connectivity index (χ0) is 9.84. The number of nitrogens with two attached hydrogens (primary N) is 1. The van der Waals surface area contributed by atoms with Gasteiger partial charge in [-0.15, -0.1) is 11.3 Å². The van der Waals surface area contributed by atoms with Crippen LogP contribution in [0.3, 0.4) is 0 Å². The number of alkyl halides is 1. The summed E-state index contributed by atoms with van der Waals surface area (Å²) in [5, 5.41) is 0.262. The number of Topliss-reactive ketones (excluding diaryl/α,β-unsaturated/α-hetero) is 1. The van der Waals surface area contributed by atoms with E-state index in [9.17, 15) is 4.79 Å². The molecule has 0 atom stereocenters. The van der Waals surface area contributed by atoms with E-state index in [0.717, 1.165) is 12.0 Å². The fraction of sp³-hybridized carbons (Fsp3) is 0.167. The van der Waals surface area contributed by atoms with E-state index in [1.807, 2.05) is 0 Å². The second-order valence-electron chi connectivity index (χ2n) is 1.99. The van der Waals surface area contributed by atoms with Gasteiger partial charge in [-0.25, -0.2) is 10.2 Å². The van der Waals surface area contributed by atoms with Gasteiger partial charge in [0.15, 0.2) is 5.78 Å². The van der Waals surface area contributed by atoms with Crippen LogP contribution in [0.4, 0.5) is 0 Å². The lowest BCUT2D eigenvalue weighted by Gasteiger charge is -1.96. The highest BCUT2D eigenvalue weighted by Gasteiger charge is 2.15. The first-order valence-corrected chi connectivity index (χ1v) is 6.16. The summed E-state index contributed by atoms with van der Waals surface area (Å²) in [6.07, 6.45) is 0. The molecule has 7 heteroatoms. The first kappa shape index (κ1) is 11.5. The maximum atomic E-state index is 11.3. The molecule has 1 aromatic rings. The highest BCUT2D eigenvalue weighted by molar-refractivity contribution is 9.09. The smallest absolute Gasteiger partial charge is 0.175 e. The van der Waals surface area contributed by atoms with Crippen LogP contribution in [-0.2, 0) is 4.28 Å². The monoisotopic (exact) mass is 301 g/mol. The Labute approximate surface area is 96.9 Å². The fourth-order valence-electron chi connectivity index (χ4n) is 0.717. The molecule has 3 nitrogen and oxygen atoms in total. The normalized spacial score (nSPS) is 10.4. The summed E-state index contributed by atoms with van der Waals surface area (Å²) in [6.45, 7) is 0. The average Bonchev–Trinajstić information content (AvgIpc) is 2.46. The van der Waals surface area contributed by atoms with Crippen molar-refractivity contribution in [1.82, 2.24) is 0 Å². The average molecular weight is 303 g/mol. The zero-order valence-electron chi connectivity index (χ0n) is 6.25. The second kappa shape index (κ2) is 5.33. The molecule has 0 fully saturated rings. The van der Waals surface area contributed by atoms with Crippen molar-refractivity contribution in [1.29, 1.82) is 0 Å². The summed E-state index contributed by atoms with van der Waals surface area (Å²) in [4.78, 5) is 11.3. The SMILES string of the molecule is NOSc1sc(Cl)cc1C(=O)CBr. The predicted octanol–water partition coefficient (Wildman–Crippen LogP) is 2.88. The molecule has 72 valence electrons. The second-order valence-corrected chi connectivity index (χ2v) is 5.26. The molecule has 1 aromatic heterocycles. The summed E-state index contributed by atoms with van der Waals surface area (Å²) in [6, 6.07) is 1.61. The Morgan fingerprint density at radius 1 is 1.85 bits per heavy atom. The Hall–Kier alpha value is 0.410. The van der Waals surface area contributed by atoms with Gasteiger partial charge in [-0.3, -0.25) is 4.79 Å². The number of halogens is 2. The van der Waals surface area contributed by atoms with Crippen molar-refractivity contribution in [2.75, 3.05) is 5.33 Å². The first-order valence-electron chi connectivity index (χ1n) is 3.11. The maximum Gasteiger partial charge on any atom is 0.175 e. The van der Waals surface area contributed by atoms with Crippen LogP contribution in [0.1, 0.15) is 10.4 Å². The van der Waals surface area contributed by atoms with E-state index >= 15 is 0 Å². The van der Waals surface area contributed by atoms with Crippen molar-refractivity contribution in [2.45, 2.75) is 4.21 Å². The molecule has 1 heterocycles. The minimum atomic E-state index is -0.0392. The van der Waals surface area contributed by atoms with Gasteiger partial charge < -0.3 is 0 Å². The molecule has 0 aromatic carbocycles. The Morgan fingerprint density at radius 2 is 2.54 bits per heavy atom. The molecule has 0 saturated heterocycles. The maximum absolute atomic E-state index is 11.3. The lowest BCUT2D eigenvalue weighted by Crippen LogP contribution is -1.99. The summed E-state index contributed by atoms with van der Waals surface area (Å²) in [5.41, 5.74) is 0.544. The molecular formula is C6H5BrClNO2S2. The molecule has 0 aliphatic rings. The molecule has 0 aliphatic heterocycles. The van der Waals surface area contributed by atoms with Crippen LogP contribution in [0.15, 0.2) is 10.3 Å². The molecular weight excluding hydrogens is 298 g/mol. The van der Waals surface area contributed by atoms with E-state index in [1.165, 1.54) is 11.3 Å². The number of rotatable bonds is 4. The van der Waals surface area contributed by atoms with Crippen LogP contribution in [0.5, 0.6) is 0 Å². The minimum absolute atomic E-state index is 0.0392. The van der Waals surface area contributed by atoms with E-state index < -0.39 is 0 Å². The van der Waals surface area contributed by atoms with Gasteiger partial charge in [0, 0.05) is 5.56 Å². The molecule has 0 amide bonds. The molecule has 13 heavy (non-hydrogen) atoms. The predicted molar refractivity (Wildman–Crippen MR) is 58.6 cm³/mol. The Morgan fingerprint density at radius 3 is 3.08 bits per heavy atom. The lowest BCUT2D eigenvalue weighted by atomic mass is 10.2. The van der Waals surface area contributed by atoms with Crippen molar-refractivity contribution >= 4 is 56.7 Å². The Kier molecular flexibility index (Phi) is 4.71. The largest absolute Gasteiger partial charge is 0.293 e. The molecule has 1 rings (SSSR count). The topological polar surface area (TPSA) is 52.3 Å². The first-order chi connectivity index (χ1) is 6.19. The van der Waals surface area contributed by atoms with Gasteiger partial charge >= 0.3 is 0 Å². The van der Waals surface area contributed by atoms with E-state index in [1.54, 1.807) is 6.07 Å². The van der Waals surface area contributed by atoms with E-state index in [0.29, 0.717) is 14.1 Å². The van der Waals surface area contributed by atoms with Gasteiger partial charge in [0.25, 0.3) is 0 Å². The van der Waals surface area contributed by atoms with Crippen molar-refractivity contribution in [3.8, 4) is 0 Å². The zero-order valence-corrected chi connectivity index (χ0v) is 10.2. The summed E-state index contributed by atoms with van der Waals surface area (Å²) < 4.78 is 5.60. The number of ketones is 1. The van der Waals surface area contributed by atoms with Crippen molar-refractivity contribution in [2.24, 2.45) is 5.90 Å². The summed E-state index contributed by atoms with van der Waals surface area (Å²) >= 11 is 11.0. The summed E-state index contributed by atoms with van der Waals surface area (Å²) in [5.74, 6) is 4.84. The Bertz CT molecular complexity index is 318. The van der Waals surface area contributed by atoms with Crippen LogP contribution in [0, 0.1) is 0 Å². The number of carbonyl (C=O) groups is 1. The fourth-order valence-corrected chi connectivity index (χ4v) is 3.01. The molecule has 0 unspecified atom stereocenters. The standard InChI is InChI=1S/C6H5BrClNO2S2/c7-2-4(10)3-1-5(8)12-6(3)13-11-9/h1H,2,9H2. The molecule has 0 radical (unpaired) electrons. The third kappa shape index (κ3) is 2.93. The van der Waals surface area contributed by atoms with Gasteiger partial charge in [-0.1, -0.05) is 27.5 Å². The van der Waals surface area contributed by atoms with Gasteiger partial charge in [0.05, 0.1) is 21.7 Å². The van der Waals surface area contributed by atoms with Crippen LogP contribution in [-0.4, -0.2) is 11.1 Å². The number of hydrogen-bond donors (Lipinski definition) is 1. The van der Waals surface area contributed by atoms with Crippen molar-refractivity contribution < 1.29 is 9.08 Å². The quantitative estimate of drug-likeness (QED) is 0.402. The van der Waals surface area contributed by atoms with Gasteiger partial charge in [-0.2, -0.15) is 0 Å². The summed E-state index contributed by atoms with van der Waals surface area (Å²) in [7, 11) is 0. The number of carbonyl (C=O) groups excluding carboxylic acids is 1. The third-order valence-corrected chi connectivity index (χ3v) is 3.70. The number of thiophene rings is 1. The third-order valence-electron chi connectivity index (χ3n) is 1.21. The van der Waals surface area contributed by atoms with E-state index in [-0.39, 0.29) is 11.1 Å². The minimum Gasteiger partial charge on any atom is -0.293 e. The molecule has 2 N–H and O–H groups in total. The van der Waals surface area contributed by atoms with Crippen LogP contribution in [0.2, 0.25) is 4.34 Å². The number of hydrogen-bond acceptors (Lipinski definition) is 5. The lowest BCUT2D eigenvalue weighted by molar-refractivity contribution is 0.102. The van der Waals surface area contributed by atoms with Crippen LogP contribution in [0.25, 0.3) is 0 Å². The molecule has 0 aliphatic carbocycles. The molecule has 0 spiro atoms. The highest BCUT2D eigenvalue weighted by atomic mass is 79.9. The van der Waals surface area contributed by atoms with Crippen molar-refractivity contribution in [3.63, 3.8) is 0 Å². The van der Waals surface area contributed by atoms with Gasteiger partial charge in [0.2, 0.25) is 0 Å². The Balaban J connectivity index is 2.96. The molecule has 0 saturated carbocycles. The van der Waals surface area contributed by atoms with Crippen LogP contribution >= 0.6 is 50.9 Å². The van der Waals surface area contributed by atoms with E-state index in [4.69, 9.17) is 17.5 Å². The van der Waals surface area contributed by atoms with Crippen molar-refractivity contribution in [3.05, 3.63) is 16.0 Å². The van der Waals surface area contributed by atoms with Gasteiger partial charge in [-0.05, 0) is 6.07 Å². The van der Waals surface area contributed by atoms with E-state index in [2.05, 4.69) is 20.2 Å². The molecule has 0 bridgehead atoms.